The van der Waals surface area contributed by atoms with Crippen LogP contribution in [-0.4, -0.2) is 6.04 Å². The highest BCUT2D eigenvalue weighted by Crippen LogP contribution is 2.25. The molecule has 0 fully saturated rings. The van der Waals surface area contributed by atoms with Gasteiger partial charge < -0.3 is 5.32 Å². The van der Waals surface area contributed by atoms with Crippen molar-refractivity contribution in [2.45, 2.75) is 33.4 Å². The van der Waals surface area contributed by atoms with Crippen molar-refractivity contribution in [1.29, 1.82) is 0 Å². The molecule has 0 aliphatic heterocycles. The number of halogens is 2. The standard InChI is InChI=1S/C12H17Cl2N/c1-8(2)9(3)15-7-10-5-4-6-11(13)12(10)14/h4-6,8-9,15H,7H2,1-3H3/t9-/m1/s1. The molecule has 0 saturated heterocycles. The van der Waals surface area contributed by atoms with Gasteiger partial charge >= 0.3 is 0 Å². The minimum Gasteiger partial charge on any atom is -0.310 e. The first-order valence-electron chi connectivity index (χ1n) is 5.18. The first-order valence-corrected chi connectivity index (χ1v) is 5.94. The fourth-order valence-corrected chi connectivity index (χ4v) is 1.58. The average Bonchev–Trinajstić information content (AvgIpc) is 2.19. The van der Waals surface area contributed by atoms with Gasteiger partial charge in [-0.1, -0.05) is 49.2 Å². The maximum absolute atomic E-state index is 6.08. The van der Waals surface area contributed by atoms with Gasteiger partial charge in [-0.15, -0.1) is 0 Å². The minimum absolute atomic E-state index is 0.472. The van der Waals surface area contributed by atoms with Crippen LogP contribution in [0.5, 0.6) is 0 Å². The number of benzene rings is 1. The van der Waals surface area contributed by atoms with Gasteiger partial charge in [0.2, 0.25) is 0 Å². The van der Waals surface area contributed by atoms with Crippen molar-refractivity contribution in [3.8, 4) is 0 Å². The molecule has 0 bridgehead atoms. The summed E-state index contributed by atoms with van der Waals surface area (Å²) in [7, 11) is 0. The Bertz CT molecular complexity index is 323. The first kappa shape index (κ1) is 12.8. The lowest BCUT2D eigenvalue weighted by Gasteiger charge is -2.18. The lowest BCUT2D eigenvalue weighted by molar-refractivity contribution is 0.426. The molecule has 0 aliphatic carbocycles. The highest BCUT2D eigenvalue weighted by molar-refractivity contribution is 6.42. The normalized spacial score (nSPS) is 13.2. The minimum atomic E-state index is 0.472. The molecule has 0 radical (unpaired) electrons. The zero-order chi connectivity index (χ0) is 11.4. The molecule has 1 N–H and O–H groups in total. The van der Waals surface area contributed by atoms with Crippen molar-refractivity contribution in [2.75, 3.05) is 0 Å². The second kappa shape index (κ2) is 5.74. The van der Waals surface area contributed by atoms with Gasteiger partial charge in [-0.25, -0.2) is 0 Å². The second-order valence-corrected chi connectivity index (χ2v) is 4.91. The lowest BCUT2D eigenvalue weighted by atomic mass is 10.1. The van der Waals surface area contributed by atoms with Gasteiger partial charge in [0.1, 0.15) is 0 Å². The molecule has 0 unspecified atom stereocenters. The Morgan fingerprint density at radius 3 is 2.47 bits per heavy atom. The van der Waals surface area contributed by atoms with Crippen molar-refractivity contribution in [3.05, 3.63) is 33.8 Å². The Morgan fingerprint density at radius 1 is 1.20 bits per heavy atom. The Labute approximate surface area is 102 Å². The summed E-state index contributed by atoms with van der Waals surface area (Å²) in [6, 6.07) is 6.19. The second-order valence-electron chi connectivity index (χ2n) is 4.13. The summed E-state index contributed by atoms with van der Waals surface area (Å²) in [5.41, 5.74) is 1.05. The number of nitrogens with one attached hydrogen (secondary N) is 1. The molecular formula is C12H17Cl2N. The van der Waals surface area contributed by atoms with E-state index in [0.717, 1.165) is 12.1 Å². The molecule has 1 nitrogen and oxygen atoms in total. The summed E-state index contributed by atoms with van der Waals surface area (Å²) < 4.78 is 0. The van der Waals surface area contributed by atoms with Crippen LogP contribution in [0.2, 0.25) is 10.0 Å². The highest BCUT2D eigenvalue weighted by Gasteiger charge is 2.08. The van der Waals surface area contributed by atoms with E-state index in [9.17, 15) is 0 Å². The van der Waals surface area contributed by atoms with Crippen molar-refractivity contribution in [3.63, 3.8) is 0 Å². The Hall–Kier alpha value is -0.240. The van der Waals surface area contributed by atoms with Gasteiger partial charge in [-0.2, -0.15) is 0 Å². The maximum atomic E-state index is 6.08. The van der Waals surface area contributed by atoms with Gasteiger partial charge in [-0.05, 0) is 24.5 Å². The average molecular weight is 246 g/mol. The molecule has 0 aromatic heterocycles. The van der Waals surface area contributed by atoms with E-state index in [1.165, 1.54) is 0 Å². The van der Waals surface area contributed by atoms with Crippen molar-refractivity contribution in [2.24, 2.45) is 5.92 Å². The molecule has 0 saturated carbocycles. The monoisotopic (exact) mass is 245 g/mol. The molecule has 0 amide bonds. The summed E-state index contributed by atoms with van der Waals surface area (Å²) in [4.78, 5) is 0. The number of rotatable bonds is 4. The molecule has 0 aliphatic rings. The predicted molar refractivity (Wildman–Crippen MR) is 67.6 cm³/mol. The Kier molecular flexibility index (Phi) is 4.91. The van der Waals surface area contributed by atoms with Crippen molar-refractivity contribution in [1.82, 2.24) is 5.32 Å². The quantitative estimate of drug-likeness (QED) is 0.842. The lowest BCUT2D eigenvalue weighted by Crippen LogP contribution is -2.30. The summed E-state index contributed by atoms with van der Waals surface area (Å²) in [5.74, 6) is 0.614. The molecule has 1 aromatic carbocycles. The van der Waals surface area contributed by atoms with E-state index in [0.29, 0.717) is 22.0 Å². The molecule has 3 heteroatoms. The van der Waals surface area contributed by atoms with Crippen LogP contribution in [0.25, 0.3) is 0 Å². The van der Waals surface area contributed by atoms with Crippen LogP contribution < -0.4 is 5.32 Å². The van der Waals surface area contributed by atoms with Crippen LogP contribution in [0.4, 0.5) is 0 Å². The summed E-state index contributed by atoms with van der Waals surface area (Å²) in [6.45, 7) is 7.32. The van der Waals surface area contributed by atoms with E-state index < -0.39 is 0 Å². The third-order valence-electron chi connectivity index (χ3n) is 2.65. The van der Waals surface area contributed by atoms with Crippen LogP contribution in [0, 0.1) is 5.92 Å². The molecule has 0 heterocycles. The largest absolute Gasteiger partial charge is 0.310 e. The fourth-order valence-electron chi connectivity index (χ4n) is 1.19. The summed E-state index contributed by atoms with van der Waals surface area (Å²) >= 11 is 12.0. The van der Waals surface area contributed by atoms with Crippen LogP contribution in [-0.2, 0) is 6.54 Å². The van der Waals surface area contributed by atoms with Gasteiger partial charge in [0.05, 0.1) is 10.0 Å². The van der Waals surface area contributed by atoms with E-state index in [4.69, 9.17) is 23.2 Å². The Balaban J connectivity index is 2.62. The molecular weight excluding hydrogens is 229 g/mol. The third kappa shape index (κ3) is 3.67. The van der Waals surface area contributed by atoms with E-state index >= 15 is 0 Å². The SMILES string of the molecule is CC(C)[C@@H](C)NCc1cccc(Cl)c1Cl. The summed E-state index contributed by atoms with van der Waals surface area (Å²) in [6.07, 6.45) is 0. The van der Waals surface area contributed by atoms with Crippen LogP contribution in [0.1, 0.15) is 26.3 Å². The molecule has 0 spiro atoms. The van der Waals surface area contributed by atoms with E-state index in [-0.39, 0.29) is 0 Å². The van der Waals surface area contributed by atoms with Gasteiger partial charge in [0, 0.05) is 12.6 Å². The Morgan fingerprint density at radius 2 is 1.87 bits per heavy atom. The predicted octanol–water partition coefficient (Wildman–Crippen LogP) is 4.13. The molecule has 1 aromatic rings. The van der Waals surface area contributed by atoms with Gasteiger partial charge in [0.15, 0.2) is 0 Å². The zero-order valence-electron chi connectivity index (χ0n) is 9.35. The zero-order valence-corrected chi connectivity index (χ0v) is 10.9. The highest BCUT2D eigenvalue weighted by atomic mass is 35.5. The van der Waals surface area contributed by atoms with Gasteiger partial charge in [0.25, 0.3) is 0 Å². The topological polar surface area (TPSA) is 12.0 Å². The van der Waals surface area contributed by atoms with E-state index in [1.807, 2.05) is 12.1 Å². The molecule has 15 heavy (non-hydrogen) atoms. The van der Waals surface area contributed by atoms with Crippen molar-refractivity contribution < 1.29 is 0 Å². The third-order valence-corrected chi connectivity index (χ3v) is 3.50. The van der Waals surface area contributed by atoms with Crippen LogP contribution >= 0.6 is 23.2 Å². The fraction of sp³-hybridized carbons (Fsp3) is 0.500. The molecule has 1 atom stereocenters. The smallest absolute Gasteiger partial charge is 0.0637 e. The summed E-state index contributed by atoms with van der Waals surface area (Å²) in [5, 5.41) is 4.70. The molecule has 84 valence electrons. The van der Waals surface area contributed by atoms with E-state index in [1.54, 1.807) is 6.07 Å². The molecule has 1 rings (SSSR count). The number of hydrogen-bond donors (Lipinski definition) is 1. The van der Waals surface area contributed by atoms with E-state index in [2.05, 4.69) is 26.1 Å². The van der Waals surface area contributed by atoms with Gasteiger partial charge in [-0.3, -0.25) is 0 Å². The van der Waals surface area contributed by atoms with Crippen molar-refractivity contribution >= 4 is 23.2 Å². The maximum Gasteiger partial charge on any atom is 0.0637 e. The number of hydrogen-bond acceptors (Lipinski definition) is 1. The van der Waals surface area contributed by atoms with Crippen LogP contribution in [0.15, 0.2) is 18.2 Å². The first-order chi connectivity index (χ1) is 7.02. The van der Waals surface area contributed by atoms with Crippen LogP contribution in [0.3, 0.4) is 0 Å².